The van der Waals surface area contributed by atoms with E-state index in [1.807, 2.05) is 0 Å². The van der Waals surface area contributed by atoms with Crippen molar-refractivity contribution in [1.82, 2.24) is 4.90 Å². The minimum Gasteiger partial charge on any atom is -0.300 e. The fraction of sp³-hybridized carbons (Fsp3) is 0.478. The van der Waals surface area contributed by atoms with Crippen LogP contribution in [0.25, 0.3) is 0 Å². The quantitative estimate of drug-likeness (QED) is 0.509. The maximum atomic E-state index is 2.74. The van der Waals surface area contributed by atoms with Crippen LogP contribution in [0.1, 0.15) is 50.7 Å². The lowest BCUT2D eigenvalue weighted by Gasteiger charge is -2.32. The van der Waals surface area contributed by atoms with Crippen LogP contribution in [0.15, 0.2) is 60.7 Å². The average Bonchev–Trinajstić information content (AvgIpc) is 2.63. The summed E-state index contributed by atoms with van der Waals surface area (Å²) in [6.45, 7) is 7.03. The molecule has 0 aliphatic rings. The van der Waals surface area contributed by atoms with E-state index in [1.54, 1.807) is 0 Å². The summed E-state index contributed by atoms with van der Waals surface area (Å²) >= 11 is 0. The van der Waals surface area contributed by atoms with Crippen LogP contribution < -0.4 is 0 Å². The second kappa shape index (κ2) is 11.0. The minimum absolute atomic E-state index is 0.591. The SMILES string of the molecule is CCCCN(CCCC)C(Cc1ccccc1)Cc1ccccc1. The maximum absolute atomic E-state index is 2.74. The zero-order valence-corrected chi connectivity index (χ0v) is 15.5. The number of hydrogen-bond acceptors (Lipinski definition) is 1. The van der Waals surface area contributed by atoms with Gasteiger partial charge in [-0.3, -0.25) is 4.90 Å². The molecule has 0 unspecified atom stereocenters. The number of benzene rings is 2. The fourth-order valence-electron chi connectivity index (χ4n) is 3.30. The van der Waals surface area contributed by atoms with E-state index in [0.717, 1.165) is 12.8 Å². The standard InChI is InChI=1S/C23H33N/c1-3-5-17-24(18-6-4-2)23(19-21-13-9-7-10-14-21)20-22-15-11-8-12-16-22/h7-16,23H,3-6,17-20H2,1-2H3. The molecule has 0 bridgehead atoms. The molecular weight excluding hydrogens is 290 g/mol. The van der Waals surface area contributed by atoms with Crippen molar-refractivity contribution in [2.45, 2.75) is 58.4 Å². The van der Waals surface area contributed by atoms with Crippen molar-refractivity contribution in [1.29, 1.82) is 0 Å². The van der Waals surface area contributed by atoms with Crippen LogP contribution in [0, 0.1) is 0 Å². The molecule has 1 heteroatoms. The lowest BCUT2D eigenvalue weighted by atomic mass is 9.97. The van der Waals surface area contributed by atoms with E-state index in [-0.39, 0.29) is 0 Å². The Balaban J connectivity index is 2.14. The molecule has 1 nitrogen and oxygen atoms in total. The Morgan fingerprint density at radius 1 is 0.667 bits per heavy atom. The Morgan fingerprint density at radius 2 is 1.08 bits per heavy atom. The van der Waals surface area contributed by atoms with Gasteiger partial charge < -0.3 is 0 Å². The van der Waals surface area contributed by atoms with Gasteiger partial charge in [0.1, 0.15) is 0 Å². The third kappa shape index (κ3) is 6.49. The first-order chi connectivity index (χ1) is 11.8. The topological polar surface area (TPSA) is 3.24 Å². The molecule has 2 aromatic rings. The Hall–Kier alpha value is -1.60. The van der Waals surface area contributed by atoms with Crippen molar-refractivity contribution in [3.05, 3.63) is 71.8 Å². The highest BCUT2D eigenvalue weighted by Crippen LogP contribution is 2.16. The van der Waals surface area contributed by atoms with E-state index < -0.39 is 0 Å². The van der Waals surface area contributed by atoms with Crippen LogP contribution in [0.2, 0.25) is 0 Å². The van der Waals surface area contributed by atoms with Crippen LogP contribution in [-0.2, 0) is 12.8 Å². The Kier molecular flexibility index (Phi) is 8.62. The number of hydrogen-bond donors (Lipinski definition) is 0. The zero-order valence-electron chi connectivity index (χ0n) is 15.5. The molecule has 0 amide bonds. The molecule has 0 aliphatic carbocycles. The largest absolute Gasteiger partial charge is 0.300 e. The van der Waals surface area contributed by atoms with Gasteiger partial charge in [0, 0.05) is 6.04 Å². The summed E-state index contributed by atoms with van der Waals surface area (Å²) in [4.78, 5) is 2.74. The van der Waals surface area contributed by atoms with Gasteiger partial charge in [0.05, 0.1) is 0 Å². The third-order valence-corrected chi connectivity index (χ3v) is 4.74. The maximum Gasteiger partial charge on any atom is 0.0176 e. The lowest BCUT2D eigenvalue weighted by Crippen LogP contribution is -2.40. The molecule has 0 fully saturated rings. The third-order valence-electron chi connectivity index (χ3n) is 4.74. The van der Waals surface area contributed by atoms with Gasteiger partial charge in [-0.1, -0.05) is 87.4 Å². The van der Waals surface area contributed by atoms with Crippen molar-refractivity contribution in [3.8, 4) is 0 Å². The zero-order chi connectivity index (χ0) is 17.0. The summed E-state index contributed by atoms with van der Waals surface area (Å²) < 4.78 is 0. The van der Waals surface area contributed by atoms with Crippen LogP contribution in [0.4, 0.5) is 0 Å². The van der Waals surface area contributed by atoms with Gasteiger partial charge in [0.25, 0.3) is 0 Å². The molecule has 130 valence electrons. The molecule has 0 saturated carbocycles. The van der Waals surface area contributed by atoms with E-state index in [2.05, 4.69) is 79.4 Å². The van der Waals surface area contributed by atoms with Crippen molar-refractivity contribution >= 4 is 0 Å². The normalized spacial score (nSPS) is 11.3. The van der Waals surface area contributed by atoms with Crippen molar-refractivity contribution in [2.24, 2.45) is 0 Å². The Labute approximate surface area is 148 Å². The van der Waals surface area contributed by atoms with Gasteiger partial charge in [-0.2, -0.15) is 0 Å². The van der Waals surface area contributed by atoms with Crippen molar-refractivity contribution in [2.75, 3.05) is 13.1 Å². The molecule has 0 aromatic heterocycles. The molecule has 0 saturated heterocycles. The Bertz CT molecular complexity index is 485. The molecular formula is C23H33N. The molecule has 0 aliphatic heterocycles. The highest BCUT2D eigenvalue weighted by molar-refractivity contribution is 5.19. The molecule has 0 atom stereocenters. The van der Waals surface area contributed by atoms with Crippen LogP contribution in [-0.4, -0.2) is 24.0 Å². The summed E-state index contributed by atoms with van der Waals surface area (Å²) in [7, 11) is 0. The second-order valence-electron chi connectivity index (χ2n) is 6.78. The minimum atomic E-state index is 0.591. The lowest BCUT2D eigenvalue weighted by molar-refractivity contribution is 0.187. The van der Waals surface area contributed by atoms with E-state index >= 15 is 0 Å². The van der Waals surface area contributed by atoms with E-state index in [4.69, 9.17) is 0 Å². The Morgan fingerprint density at radius 3 is 1.46 bits per heavy atom. The average molecular weight is 324 g/mol. The van der Waals surface area contributed by atoms with Gasteiger partial charge >= 0.3 is 0 Å². The fourth-order valence-corrected chi connectivity index (χ4v) is 3.30. The summed E-state index contributed by atoms with van der Waals surface area (Å²) in [5.41, 5.74) is 2.91. The summed E-state index contributed by atoms with van der Waals surface area (Å²) in [6, 6.07) is 22.6. The van der Waals surface area contributed by atoms with E-state index in [1.165, 1.54) is 49.9 Å². The summed E-state index contributed by atoms with van der Waals surface area (Å²) in [5.74, 6) is 0. The van der Waals surface area contributed by atoms with Crippen molar-refractivity contribution in [3.63, 3.8) is 0 Å². The predicted octanol–water partition coefficient (Wildman–Crippen LogP) is 5.74. The van der Waals surface area contributed by atoms with E-state index in [0.29, 0.717) is 6.04 Å². The molecule has 0 spiro atoms. The molecule has 0 N–H and O–H groups in total. The number of rotatable bonds is 11. The van der Waals surface area contributed by atoms with Gasteiger partial charge in [0.2, 0.25) is 0 Å². The number of nitrogens with zero attached hydrogens (tertiary/aromatic N) is 1. The molecule has 0 heterocycles. The van der Waals surface area contributed by atoms with Crippen LogP contribution in [0.5, 0.6) is 0 Å². The molecule has 2 rings (SSSR count). The highest BCUT2D eigenvalue weighted by atomic mass is 15.1. The first-order valence-corrected chi connectivity index (χ1v) is 9.65. The van der Waals surface area contributed by atoms with Gasteiger partial charge in [-0.15, -0.1) is 0 Å². The van der Waals surface area contributed by atoms with E-state index in [9.17, 15) is 0 Å². The van der Waals surface area contributed by atoms with Gasteiger partial charge in [0.15, 0.2) is 0 Å². The first-order valence-electron chi connectivity index (χ1n) is 9.65. The smallest absolute Gasteiger partial charge is 0.0176 e. The molecule has 2 aromatic carbocycles. The number of unbranched alkanes of at least 4 members (excludes halogenated alkanes) is 2. The summed E-state index contributed by atoms with van der Waals surface area (Å²) in [6.07, 6.45) is 7.41. The van der Waals surface area contributed by atoms with Crippen LogP contribution >= 0.6 is 0 Å². The first kappa shape index (κ1) is 18.7. The van der Waals surface area contributed by atoms with Gasteiger partial charge in [-0.25, -0.2) is 0 Å². The van der Waals surface area contributed by atoms with Crippen LogP contribution in [0.3, 0.4) is 0 Å². The second-order valence-corrected chi connectivity index (χ2v) is 6.78. The summed E-state index contributed by atoms with van der Waals surface area (Å²) in [5, 5.41) is 0. The molecule has 24 heavy (non-hydrogen) atoms. The monoisotopic (exact) mass is 323 g/mol. The molecule has 0 radical (unpaired) electrons. The van der Waals surface area contributed by atoms with Crippen molar-refractivity contribution < 1.29 is 0 Å². The predicted molar refractivity (Wildman–Crippen MR) is 105 cm³/mol. The van der Waals surface area contributed by atoms with Gasteiger partial charge in [-0.05, 0) is 49.9 Å². The highest BCUT2D eigenvalue weighted by Gasteiger charge is 2.18.